The SMILES string of the molecule is CCOc1ccc(C(F)(F)F)c(C=O)c1F. The number of hydrogen-bond acceptors (Lipinski definition) is 2. The van der Waals surface area contributed by atoms with Gasteiger partial charge in [-0.2, -0.15) is 13.2 Å². The lowest BCUT2D eigenvalue weighted by atomic mass is 10.1. The zero-order chi connectivity index (χ0) is 12.3. The lowest BCUT2D eigenvalue weighted by molar-refractivity contribution is -0.138. The van der Waals surface area contributed by atoms with Crippen molar-refractivity contribution in [2.75, 3.05) is 6.61 Å². The second-order valence-corrected chi connectivity index (χ2v) is 2.89. The van der Waals surface area contributed by atoms with Gasteiger partial charge in [-0.3, -0.25) is 4.79 Å². The van der Waals surface area contributed by atoms with Gasteiger partial charge in [0.1, 0.15) is 0 Å². The van der Waals surface area contributed by atoms with Crippen LogP contribution in [0.4, 0.5) is 17.6 Å². The highest BCUT2D eigenvalue weighted by Crippen LogP contribution is 2.35. The van der Waals surface area contributed by atoms with Crippen molar-refractivity contribution in [3.8, 4) is 5.75 Å². The first-order valence-corrected chi connectivity index (χ1v) is 4.39. The second kappa shape index (κ2) is 4.51. The third-order valence-electron chi connectivity index (χ3n) is 1.87. The van der Waals surface area contributed by atoms with Crippen molar-refractivity contribution < 1.29 is 27.1 Å². The monoisotopic (exact) mass is 236 g/mol. The maximum Gasteiger partial charge on any atom is 0.417 e. The maximum atomic E-state index is 13.4. The highest BCUT2D eigenvalue weighted by atomic mass is 19.4. The first-order valence-electron chi connectivity index (χ1n) is 4.39. The van der Waals surface area contributed by atoms with Gasteiger partial charge in [-0.1, -0.05) is 0 Å². The molecule has 0 saturated heterocycles. The number of hydrogen-bond donors (Lipinski definition) is 0. The minimum absolute atomic E-state index is 0.0978. The van der Waals surface area contributed by atoms with E-state index in [9.17, 15) is 22.4 Å². The van der Waals surface area contributed by atoms with Crippen LogP contribution in [0.5, 0.6) is 5.75 Å². The number of aldehydes is 1. The van der Waals surface area contributed by atoms with Gasteiger partial charge < -0.3 is 4.74 Å². The average Bonchev–Trinajstić information content (AvgIpc) is 2.19. The molecule has 0 saturated carbocycles. The molecule has 1 aromatic rings. The smallest absolute Gasteiger partial charge is 0.417 e. The van der Waals surface area contributed by atoms with Gasteiger partial charge in [0.05, 0.1) is 17.7 Å². The Hall–Kier alpha value is -1.59. The summed E-state index contributed by atoms with van der Waals surface area (Å²) in [5.41, 5.74) is -2.33. The number of halogens is 4. The summed E-state index contributed by atoms with van der Waals surface area (Å²) in [7, 11) is 0. The van der Waals surface area contributed by atoms with Crippen LogP contribution in [0.2, 0.25) is 0 Å². The average molecular weight is 236 g/mol. The lowest BCUT2D eigenvalue weighted by Gasteiger charge is -2.12. The number of carbonyl (C=O) groups excluding carboxylic acids is 1. The van der Waals surface area contributed by atoms with Crippen LogP contribution < -0.4 is 4.74 Å². The molecule has 1 rings (SSSR count). The van der Waals surface area contributed by atoms with Crippen molar-refractivity contribution in [3.63, 3.8) is 0 Å². The summed E-state index contributed by atoms with van der Waals surface area (Å²) in [6, 6.07) is 1.48. The van der Waals surface area contributed by atoms with Crippen LogP contribution in [0.15, 0.2) is 12.1 Å². The van der Waals surface area contributed by atoms with Gasteiger partial charge in [-0.05, 0) is 19.1 Å². The van der Waals surface area contributed by atoms with Crippen LogP contribution in [0.1, 0.15) is 22.8 Å². The maximum absolute atomic E-state index is 13.4. The van der Waals surface area contributed by atoms with Crippen LogP contribution in [0.3, 0.4) is 0 Å². The summed E-state index contributed by atoms with van der Waals surface area (Å²) in [5.74, 6) is -1.65. The first kappa shape index (κ1) is 12.5. The van der Waals surface area contributed by atoms with Gasteiger partial charge in [0.2, 0.25) is 0 Å². The highest BCUT2D eigenvalue weighted by molar-refractivity contribution is 5.79. The van der Waals surface area contributed by atoms with Gasteiger partial charge in [0.25, 0.3) is 0 Å². The van der Waals surface area contributed by atoms with E-state index in [1.54, 1.807) is 6.92 Å². The minimum atomic E-state index is -4.76. The molecule has 0 spiro atoms. The van der Waals surface area contributed by atoms with Crippen LogP contribution in [-0.4, -0.2) is 12.9 Å². The molecule has 0 radical (unpaired) electrons. The van der Waals surface area contributed by atoms with Crippen LogP contribution in [0, 0.1) is 5.82 Å². The van der Waals surface area contributed by atoms with Gasteiger partial charge >= 0.3 is 6.18 Å². The Morgan fingerprint density at radius 2 is 2.00 bits per heavy atom. The van der Waals surface area contributed by atoms with Gasteiger partial charge in [-0.15, -0.1) is 0 Å². The lowest BCUT2D eigenvalue weighted by Crippen LogP contribution is -2.11. The first-order chi connectivity index (χ1) is 7.41. The Labute approximate surface area is 88.8 Å². The van der Waals surface area contributed by atoms with E-state index in [0.29, 0.717) is 6.07 Å². The summed E-state index contributed by atoms with van der Waals surface area (Å²) in [6.45, 7) is 1.65. The molecule has 88 valence electrons. The number of benzene rings is 1. The van der Waals surface area contributed by atoms with Crippen molar-refractivity contribution in [3.05, 3.63) is 29.1 Å². The Bertz CT molecular complexity index is 399. The molecule has 16 heavy (non-hydrogen) atoms. The van der Waals surface area contributed by atoms with Gasteiger partial charge in [0, 0.05) is 0 Å². The largest absolute Gasteiger partial charge is 0.491 e. The van der Waals surface area contributed by atoms with Crippen molar-refractivity contribution in [1.29, 1.82) is 0 Å². The van der Waals surface area contributed by atoms with E-state index in [1.165, 1.54) is 0 Å². The fourth-order valence-electron chi connectivity index (χ4n) is 1.20. The van der Waals surface area contributed by atoms with E-state index in [1.807, 2.05) is 0 Å². The number of ether oxygens (including phenoxy) is 1. The molecule has 0 aromatic heterocycles. The summed E-state index contributed by atoms with van der Waals surface area (Å²) in [6.07, 6.45) is -4.93. The van der Waals surface area contributed by atoms with Crippen LogP contribution in [0.25, 0.3) is 0 Å². The third-order valence-corrected chi connectivity index (χ3v) is 1.87. The molecule has 0 aliphatic carbocycles. The molecule has 0 heterocycles. The number of rotatable bonds is 3. The molecule has 2 nitrogen and oxygen atoms in total. The zero-order valence-corrected chi connectivity index (χ0v) is 8.27. The van der Waals surface area contributed by atoms with E-state index in [-0.39, 0.29) is 18.6 Å². The van der Waals surface area contributed by atoms with Crippen molar-refractivity contribution in [2.24, 2.45) is 0 Å². The van der Waals surface area contributed by atoms with E-state index in [4.69, 9.17) is 4.74 Å². The topological polar surface area (TPSA) is 26.3 Å². The van der Waals surface area contributed by atoms with Gasteiger partial charge in [-0.25, -0.2) is 4.39 Å². The predicted molar refractivity (Wildman–Crippen MR) is 48.0 cm³/mol. The third kappa shape index (κ3) is 2.32. The second-order valence-electron chi connectivity index (χ2n) is 2.89. The minimum Gasteiger partial charge on any atom is -0.491 e. The van der Waals surface area contributed by atoms with E-state index in [2.05, 4.69) is 0 Å². The Balaban J connectivity index is 3.35. The summed E-state index contributed by atoms with van der Waals surface area (Å²) >= 11 is 0. The van der Waals surface area contributed by atoms with Crippen molar-refractivity contribution in [2.45, 2.75) is 13.1 Å². The Kier molecular flexibility index (Phi) is 3.51. The van der Waals surface area contributed by atoms with Crippen molar-refractivity contribution >= 4 is 6.29 Å². The van der Waals surface area contributed by atoms with Crippen LogP contribution >= 0.6 is 0 Å². The molecule has 0 atom stereocenters. The fourth-order valence-corrected chi connectivity index (χ4v) is 1.20. The molecule has 0 amide bonds. The quantitative estimate of drug-likeness (QED) is 0.595. The highest BCUT2D eigenvalue weighted by Gasteiger charge is 2.35. The molecular weight excluding hydrogens is 228 g/mol. The summed E-state index contributed by atoms with van der Waals surface area (Å²) < 4.78 is 55.2. The number of carbonyl (C=O) groups is 1. The van der Waals surface area contributed by atoms with E-state index >= 15 is 0 Å². The Morgan fingerprint density at radius 1 is 1.38 bits per heavy atom. The van der Waals surface area contributed by atoms with Crippen LogP contribution in [-0.2, 0) is 6.18 Å². The fraction of sp³-hybridized carbons (Fsp3) is 0.300. The molecule has 0 aliphatic heterocycles. The molecule has 6 heteroatoms. The summed E-state index contributed by atoms with van der Waals surface area (Å²) in [4.78, 5) is 10.5. The Morgan fingerprint density at radius 3 is 2.44 bits per heavy atom. The number of alkyl halides is 3. The summed E-state index contributed by atoms with van der Waals surface area (Å²) in [5, 5.41) is 0. The molecule has 0 unspecified atom stereocenters. The standard InChI is InChI=1S/C10H8F4O2/c1-2-16-8-4-3-7(10(12,13)14)6(5-15)9(8)11/h3-5H,2H2,1H3. The normalized spacial score (nSPS) is 11.3. The molecule has 0 aliphatic rings. The molecular formula is C10H8F4O2. The van der Waals surface area contributed by atoms with Gasteiger partial charge in [0.15, 0.2) is 17.9 Å². The van der Waals surface area contributed by atoms with Crippen molar-refractivity contribution in [1.82, 2.24) is 0 Å². The predicted octanol–water partition coefficient (Wildman–Crippen LogP) is 3.06. The molecule has 0 fully saturated rings. The molecule has 1 aromatic carbocycles. The zero-order valence-electron chi connectivity index (χ0n) is 8.27. The molecule has 0 bridgehead atoms. The van der Waals surface area contributed by atoms with E-state index < -0.39 is 23.1 Å². The molecule has 0 N–H and O–H groups in total. The van der Waals surface area contributed by atoms with E-state index in [0.717, 1.165) is 6.07 Å².